The Hall–Kier alpha value is -0.510. The van der Waals surface area contributed by atoms with E-state index in [9.17, 15) is 0 Å². The van der Waals surface area contributed by atoms with Crippen molar-refractivity contribution >= 4 is 11.8 Å². The molecule has 0 aromatic heterocycles. The van der Waals surface area contributed by atoms with E-state index in [1.807, 2.05) is 0 Å². The molecule has 0 aliphatic carbocycles. The van der Waals surface area contributed by atoms with E-state index >= 15 is 0 Å². The van der Waals surface area contributed by atoms with E-state index in [1.54, 1.807) is 0 Å². The number of aryl methyl sites for hydroxylation is 1. The van der Waals surface area contributed by atoms with Gasteiger partial charge in [0.15, 0.2) is 0 Å². The normalized spacial score (nSPS) is 23.0. The first kappa shape index (κ1) is 12.0. The zero-order valence-electron chi connectivity index (χ0n) is 9.78. The van der Waals surface area contributed by atoms with Crippen molar-refractivity contribution in [3.63, 3.8) is 0 Å². The molecule has 0 saturated carbocycles. The van der Waals surface area contributed by atoms with E-state index in [2.05, 4.69) is 48.4 Å². The van der Waals surface area contributed by atoms with Gasteiger partial charge in [-0.3, -0.25) is 11.3 Å². The number of hydrogen-bond acceptors (Lipinski definition) is 3. The summed E-state index contributed by atoms with van der Waals surface area (Å²) in [5, 5.41) is 0.626. The lowest BCUT2D eigenvalue weighted by Gasteiger charge is -2.29. The zero-order chi connectivity index (χ0) is 11.4. The molecule has 2 nitrogen and oxygen atoms in total. The molecule has 0 spiro atoms. The maximum absolute atomic E-state index is 5.72. The Labute approximate surface area is 102 Å². The second-order valence-corrected chi connectivity index (χ2v) is 5.81. The summed E-state index contributed by atoms with van der Waals surface area (Å²) in [6, 6.07) is 8.95. The minimum absolute atomic E-state index is 0.296. The maximum atomic E-state index is 5.72. The molecule has 1 heterocycles. The van der Waals surface area contributed by atoms with Crippen molar-refractivity contribution < 1.29 is 0 Å². The van der Waals surface area contributed by atoms with Gasteiger partial charge in [0.2, 0.25) is 0 Å². The Balaban J connectivity index is 2.14. The van der Waals surface area contributed by atoms with Crippen LogP contribution < -0.4 is 11.3 Å². The number of benzene rings is 1. The van der Waals surface area contributed by atoms with Gasteiger partial charge in [0.1, 0.15) is 0 Å². The van der Waals surface area contributed by atoms with Crippen molar-refractivity contribution in [2.75, 3.05) is 5.75 Å². The van der Waals surface area contributed by atoms with Gasteiger partial charge in [0.25, 0.3) is 0 Å². The van der Waals surface area contributed by atoms with Crippen molar-refractivity contribution in [1.29, 1.82) is 0 Å². The SMILES string of the molecule is Cc1cccc(C(NN)C2CCCCS2)c1. The van der Waals surface area contributed by atoms with Gasteiger partial charge >= 0.3 is 0 Å². The molecule has 2 unspecified atom stereocenters. The van der Waals surface area contributed by atoms with Gasteiger partial charge in [0.05, 0.1) is 6.04 Å². The summed E-state index contributed by atoms with van der Waals surface area (Å²) in [5.41, 5.74) is 5.62. The predicted molar refractivity (Wildman–Crippen MR) is 71.3 cm³/mol. The third-order valence-electron chi connectivity index (χ3n) is 3.17. The summed E-state index contributed by atoms with van der Waals surface area (Å²) in [6.45, 7) is 2.13. The van der Waals surface area contributed by atoms with Crippen LogP contribution in [0.4, 0.5) is 0 Å². The quantitative estimate of drug-likeness (QED) is 0.626. The summed E-state index contributed by atoms with van der Waals surface area (Å²) in [7, 11) is 0. The van der Waals surface area contributed by atoms with E-state index in [0.29, 0.717) is 11.3 Å². The molecule has 1 aliphatic heterocycles. The van der Waals surface area contributed by atoms with Gasteiger partial charge in [-0.05, 0) is 31.1 Å². The minimum atomic E-state index is 0.296. The smallest absolute Gasteiger partial charge is 0.0578 e. The molecule has 3 heteroatoms. The minimum Gasteiger partial charge on any atom is -0.271 e. The van der Waals surface area contributed by atoms with Gasteiger partial charge < -0.3 is 0 Å². The fourth-order valence-electron chi connectivity index (χ4n) is 2.31. The summed E-state index contributed by atoms with van der Waals surface area (Å²) in [6.07, 6.45) is 3.96. The largest absolute Gasteiger partial charge is 0.271 e. The molecule has 0 radical (unpaired) electrons. The molecule has 0 bridgehead atoms. The number of rotatable bonds is 3. The number of hydrazine groups is 1. The molecule has 1 fully saturated rings. The van der Waals surface area contributed by atoms with Crippen molar-refractivity contribution in [1.82, 2.24) is 5.43 Å². The van der Waals surface area contributed by atoms with Crippen LogP contribution in [0.3, 0.4) is 0 Å². The molecule has 1 aromatic rings. The first-order valence-corrected chi connectivity index (χ1v) is 7.00. The Kier molecular flexibility index (Phi) is 4.27. The highest BCUT2D eigenvalue weighted by Crippen LogP contribution is 2.34. The average molecular weight is 236 g/mol. The molecule has 2 atom stereocenters. The molecule has 2 rings (SSSR count). The predicted octanol–water partition coefficient (Wildman–Crippen LogP) is 2.79. The Morgan fingerprint density at radius 3 is 2.94 bits per heavy atom. The van der Waals surface area contributed by atoms with Crippen LogP contribution >= 0.6 is 11.8 Å². The average Bonchev–Trinajstić information content (AvgIpc) is 2.31. The summed E-state index contributed by atoms with van der Waals surface area (Å²) in [5.74, 6) is 6.99. The number of thioether (sulfide) groups is 1. The third-order valence-corrected chi connectivity index (χ3v) is 4.63. The summed E-state index contributed by atoms with van der Waals surface area (Å²) in [4.78, 5) is 0. The van der Waals surface area contributed by atoms with Gasteiger partial charge in [-0.15, -0.1) is 0 Å². The van der Waals surface area contributed by atoms with E-state index in [4.69, 9.17) is 5.84 Å². The lowest BCUT2D eigenvalue weighted by atomic mass is 9.98. The Morgan fingerprint density at radius 2 is 2.31 bits per heavy atom. The third kappa shape index (κ3) is 2.78. The van der Waals surface area contributed by atoms with Crippen molar-refractivity contribution in [3.05, 3.63) is 35.4 Å². The van der Waals surface area contributed by atoms with Crippen LogP contribution in [-0.2, 0) is 0 Å². The molecule has 3 N–H and O–H groups in total. The zero-order valence-corrected chi connectivity index (χ0v) is 10.6. The van der Waals surface area contributed by atoms with Crippen LogP contribution in [0.25, 0.3) is 0 Å². The maximum Gasteiger partial charge on any atom is 0.0578 e. The molecule has 16 heavy (non-hydrogen) atoms. The lowest BCUT2D eigenvalue weighted by Crippen LogP contribution is -2.36. The monoisotopic (exact) mass is 236 g/mol. The topological polar surface area (TPSA) is 38.0 Å². The molecule has 88 valence electrons. The first-order chi connectivity index (χ1) is 7.81. The van der Waals surface area contributed by atoms with E-state index in [1.165, 1.54) is 36.1 Å². The van der Waals surface area contributed by atoms with Crippen LogP contribution in [0.1, 0.15) is 36.4 Å². The van der Waals surface area contributed by atoms with Gasteiger partial charge in [-0.25, -0.2) is 0 Å². The van der Waals surface area contributed by atoms with Crippen molar-refractivity contribution in [3.8, 4) is 0 Å². The molecule has 1 saturated heterocycles. The van der Waals surface area contributed by atoms with Crippen molar-refractivity contribution in [2.45, 2.75) is 37.5 Å². The van der Waals surface area contributed by atoms with Gasteiger partial charge in [-0.2, -0.15) is 11.8 Å². The van der Waals surface area contributed by atoms with Crippen LogP contribution in [0.5, 0.6) is 0 Å². The molecule has 1 aliphatic rings. The van der Waals surface area contributed by atoms with E-state index < -0.39 is 0 Å². The lowest BCUT2D eigenvalue weighted by molar-refractivity contribution is 0.491. The first-order valence-electron chi connectivity index (χ1n) is 5.95. The van der Waals surface area contributed by atoms with E-state index in [-0.39, 0.29) is 0 Å². The summed E-state index contributed by atoms with van der Waals surface area (Å²) < 4.78 is 0. The number of nitrogens with one attached hydrogen (secondary N) is 1. The van der Waals surface area contributed by atoms with E-state index in [0.717, 1.165) is 0 Å². The highest BCUT2D eigenvalue weighted by Gasteiger charge is 2.24. The molecular formula is C13H20N2S. The second-order valence-electron chi connectivity index (χ2n) is 4.46. The van der Waals surface area contributed by atoms with Crippen LogP contribution in [-0.4, -0.2) is 11.0 Å². The summed E-state index contributed by atoms with van der Waals surface area (Å²) >= 11 is 2.05. The number of nitrogens with two attached hydrogens (primary N) is 1. The highest BCUT2D eigenvalue weighted by molar-refractivity contribution is 8.00. The van der Waals surface area contributed by atoms with Crippen LogP contribution in [0.15, 0.2) is 24.3 Å². The van der Waals surface area contributed by atoms with Crippen LogP contribution in [0.2, 0.25) is 0 Å². The number of hydrogen-bond donors (Lipinski definition) is 2. The Bertz CT molecular complexity index is 334. The molecular weight excluding hydrogens is 216 g/mol. The van der Waals surface area contributed by atoms with Gasteiger partial charge in [0, 0.05) is 5.25 Å². The molecule has 1 aromatic carbocycles. The van der Waals surface area contributed by atoms with Gasteiger partial charge in [-0.1, -0.05) is 36.2 Å². The van der Waals surface area contributed by atoms with Crippen LogP contribution in [0, 0.1) is 6.92 Å². The van der Waals surface area contributed by atoms with Crippen molar-refractivity contribution in [2.24, 2.45) is 5.84 Å². The fourth-order valence-corrected chi connectivity index (χ4v) is 3.75. The second kappa shape index (κ2) is 5.71. The highest BCUT2D eigenvalue weighted by atomic mass is 32.2. The standard InChI is InChI=1S/C13H20N2S/c1-10-5-4-6-11(9-10)13(15-14)12-7-2-3-8-16-12/h4-6,9,12-13,15H,2-3,7-8,14H2,1H3. The fraction of sp³-hybridized carbons (Fsp3) is 0.538. The Morgan fingerprint density at radius 1 is 1.44 bits per heavy atom. The molecule has 0 amide bonds.